The number of hydrogen-bond acceptors (Lipinski definition) is 4. The third kappa shape index (κ3) is 4.40. The summed E-state index contributed by atoms with van der Waals surface area (Å²) in [5, 5.41) is 9.90. The highest BCUT2D eigenvalue weighted by Gasteiger charge is 2.36. The Labute approximate surface area is 173 Å². The van der Waals surface area contributed by atoms with E-state index >= 15 is 0 Å². The summed E-state index contributed by atoms with van der Waals surface area (Å²) in [4.78, 5) is 14.2. The molecule has 2 unspecified atom stereocenters. The number of para-hydroxylation sites is 1. The highest BCUT2D eigenvalue weighted by atomic mass is 16.5. The monoisotopic (exact) mass is 397 g/mol. The molecule has 1 N–H and O–H groups in total. The first-order valence-corrected chi connectivity index (χ1v) is 10.3. The minimum Gasteiger partial charge on any atom is -0.493 e. The van der Waals surface area contributed by atoms with Crippen LogP contribution >= 0.6 is 0 Å². The molecular formula is C24H31NO4. The lowest BCUT2D eigenvalue weighted by molar-refractivity contribution is -0.145. The Morgan fingerprint density at radius 1 is 1.03 bits per heavy atom. The van der Waals surface area contributed by atoms with Gasteiger partial charge in [0.05, 0.1) is 20.3 Å². The number of methoxy groups -OCH3 is 2. The zero-order valence-electron chi connectivity index (χ0n) is 17.7. The number of carboxylic acids is 1. The summed E-state index contributed by atoms with van der Waals surface area (Å²) in [6, 6.07) is 13.6. The summed E-state index contributed by atoms with van der Waals surface area (Å²) in [7, 11) is 3.25. The van der Waals surface area contributed by atoms with Crippen molar-refractivity contribution in [3.8, 4) is 11.5 Å². The van der Waals surface area contributed by atoms with Gasteiger partial charge in [0, 0.05) is 5.56 Å². The third-order valence-corrected chi connectivity index (χ3v) is 5.81. The number of ether oxygens (including phenoxy) is 2. The second-order valence-electron chi connectivity index (χ2n) is 7.89. The predicted molar refractivity (Wildman–Crippen MR) is 114 cm³/mol. The number of benzene rings is 2. The first-order chi connectivity index (χ1) is 14.0. The molecule has 0 radical (unpaired) electrons. The minimum absolute atomic E-state index is 0.220. The van der Waals surface area contributed by atoms with Crippen LogP contribution in [0, 0.1) is 0 Å². The molecule has 2 aromatic rings. The summed E-state index contributed by atoms with van der Waals surface area (Å²) in [5.74, 6) is 0.978. The molecule has 1 heterocycles. The van der Waals surface area contributed by atoms with Crippen molar-refractivity contribution in [1.29, 1.82) is 0 Å². The van der Waals surface area contributed by atoms with Gasteiger partial charge in [-0.15, -0.1) is 0 Å². The quantitative estimate of drug-likeness (QED) is 0.723. The molecule has 5 heteroatoms. The fourth-order valence-electron chi connectivity index (χ4n) is 4.27. The Morgan fingerprint density at radius 2 is 1.72 bits per heavy atom. The van der Waals surface area contributed by atoms with Gasteiger partial charge in [0.25, 0.3) is 0 Å². The van der Waals surface area contributed by atoms with E-state index in [-0.39, 0.29) is 6.04 Å². The van der Waals surface area contributed by atoms with Gasteiger partial charge in [-0.2, -0.15) is 0 Å². The Morgan fingerprint density at radius 3 is 2.31 bits per heavy atom. The fourth-order valence-corrected chi connectivity index (χ4v) is 4.27. The van der Waals surface area contributed by atoms with Gasteiger partial charge in [0.1, 0.15) is 6.04 Å². The maximum Gasteiger partial charge on any atom is 0.320 e. The molecule has 1 aliphatic heterocycles. The van der Waals surface area contributed by atoms with Gasteiger partial charge in [-0.25, -0.2) is 0 Å². The van der Waals surface area contributed by atoms with E-state index in [0.29, 0.717) is 23.8 Å². The molecule has 0 aromatic heterocycles. The molecule has 1 fully saturated rings. The normalized spacial score (nSPS) is 18.4. The zero-order valence-corrected chi connectivity index (χ0v) is 17.7. The standard InChI is InChI=1S/C24H31NO4/c1-16(2)17-11-13-18(14-12-17)22(25-15-6-5-9-20(25)24(26)27)19-8-7-10-21(28-3)23(19)29-4/h7-8,10-14,16,20,22H,5-6,9,15H2,1-4H3,(H,26,27). The van der Waals surface area contributed by atoms with Crippen LogP contribution in [0.1, 0.15) is 61.8 Å². The first-order valence-electron chi connectivity index (χ1n) is 10.3. The maximum atomic E-state index is 12.1. The van der Waals surface area contributed by atoms with E-state index in [1.807, 2.05) is 18.2 Å². The fraction of sp³-hybridized carbons (Fsp3) is 0.458. The molecule has 29 heavy (non-hydrogen) atoms. The summed E-state index contributed by atoms with van der Waals surface area (Å²) in [6.45, 7) is 5.07. The van der Waals surface area contributed by atoms with Crippen molar-refractivity contribution >= 4 is 5.97 Å². The average molecular weight is 398 g/mol. The van der Waals surface area contributed by atoms with E-state index in [9.17, 15) is 9.90 Å². The van der Waals surface area contributed by atoms with Crippen LogP contribution in [-0.2, 0) is 4.79 Å². The number of carbonyl (C=O) groups is 1. The highest BCUT2D eigenvalue weighted by Crippen LogP contribution is 2.42. The van der Waals surface area contributed by atoms with Gasteiger partial charge in [-0.1, -0.05) is 56.7 Å². The molecule has 0 aliphatic carbocycles. The van der Waals surface area contributed by atoms with Crippen molar-refractivity contribution in [2.24, 2.45) is 0 Å². The topological polar surface area (TPSA) is 59.0 Å². The van der Waals surface area contributed by atoms with Crippen LogP contribution in [0.3, 0.4) is 0 Å². The van der Waals surface area contributed by atoms with Crippen LogP contribution in [0.15, 0.2) is 42.5 Å². The number of hydrogen-bond donors (Lipinski definition) is 1. The van der Waals surface area contributed by atoms with Crippen molar-refractivity contribution in [3.63, 3.8) is 0 Å². The van der Waals surface area contributed by atoms with Gasteiger partial charge in [0.2, 0.25) is 0 Å². The lowest BCUT2D eigenvalue weighted by Gasteiger charge is -2.40. The summed E-state index contributed by atoms with van der Waals surface area (Å²) >= 11 is 0. The Kier molecular flexibility index (Phi) is 6.80. The molecular weight excluding hydrogens is 366 g/mol. The van der Waals surface area contributed by atoms with Crippen LogP contribution < -0.4 is 9.47 Å². The smallest absolute Gasteiger partial charge is 0.320 e. The van der Waals surface area contributed by atoms with Crippen LogP contribution in [0.5, 0.6) is 11.5 Å². The van der Waals surface area contributed by atoms with Crippen molar-refractivity contribution in [2.75, 3.05) is 20.8 Å². The van der Waals surface area contributed by atoms with Gasteiger partial charge >= 0.3 is 5.97 Å². The largest absolute Gasteiger partial charge is 0.493 e. The average Bonchev–Trinajstić information content (AvgIpc) is 2.74. The molecule has 1 saturated heterocycles. The first kappa shape index (κ1) is 21.2. The molecule has 0 spiro atoms. The van der Waals surface area contributed by atoms with E-state index in [1.165, 1.54) is 5.56 Å². The van der Waals surface area contributed by atoms with E-state index < -0.39 is 12.0 Å². The van der Waals surface area contributed by atoms with Gasteiger partial charge in [0.15, 0.2) is 11.5 Å². The molecule has 0 amide bonds. The Bertz CT molecular complexity index is 831. The minimum atomic E-state index is -0.768. The van der Waals surface area contributed by atoms with Crippen LogP contribution in [-0.4, -0.2) is 42.8 Å². The summed E-state index contributed by atoms with van der Waals surface area (Å²) in [6.07, 6.45) is 2.57. The van der Waals surface area contributed by atoms with Gasteiger partial charge in [-0.05, 0) is 42.5 Å². The number of rotatable bonds is 7. The number of piperidine rings is 1. The van der Waals surface area contributed by atoms with Gasteiger partial charge in [-0.3, -0.25) is 9.69 Å². The number of likely N-dealkylation sites (tertiary alicyclic amines) is 1. The Hall–Kier alpha value is -2.53. The number of carboxylic acid groups (broad SMARTS) is 1. The van der Waals surface area contributed by atoms with E-state index in [1.54, 1.807) is 14.2 Å². The molecule has 0 saturated carbocycles. The highest BCUT2D eigenvalue weighted by molar-refractivity contribution is 5.74. The van der Waals surface area contributed by atoms with Crippen molar-refractivity contribution in [1.82, 2.24) is 4.90 Å². The molecule has 2 aromatic carbocycles. The second-order valence-corrected chi connectivity index (χ2v) is 7.89. The SMILES string of the molecule is COc1cccc(C(c2ccc(C(C)C)cc2)N2CCCCC2C(=O)O)c1OC. The Balaban J connectivity index is 2.15. The van der Waals surface area contributed by atoms with Crippen molar-refractivity contribution in [2.45, 2.75) is 51.1 Å². The molecule has 1 aliphatic rings. The van der Waals surface area contributed by atoms with Crippen LogP contribution in [0.2, 0.25) is 0 Å². The van der Waals surface area contributed by atoms with Gasteiger partial charge < -0.3 is 14.6 Å². The van der Waals surface area contributed by atoms with Crippen LogP contribution in [0.25, 0.3) is 0 Å². The molecule has 3 rings (SSSR count). The predicted octanol–water partition coefficient (Wildman–Crippen LogP) is 4.86. The van der Waals surface area contributed by atoms with E-state index in [0.717, 1.165) is 30.5 Å². The molecule has 5 nitrogen and oxygen atoms in total. The molecule has 2 atom stereocenters. The lowest BCUT2D eigenvalue weighted by Crippen LogP contribution is -2.46. The van der Waals surface area contributed by atoms with Crippen LogP contribution in [0.4, 0.5) is 0 Å². The second kappa shape index (κ2) is 9.31. The van der Waals surface area contributed by atoms with Crippen molar-refractivity contribution in [3.05, 3.63) is 59.2 Å². The third-order valence-electron chi connectivity index (χ3n) is 5.81. The summed E-state index contributed by atoms with van der Waals surface area (Å²) < 4.78 is 11.2. The maximum absolute atomic E-state index is 12.1. The number of aliphatic carboxylic acids is 1. The van der Waals surface area contributed by atoms with E-state index in [4.69, 9.17) is 9.47 Å². The van der Waals surface area contributed by atoms with Crippen molar-refractivity contribution < 1.29 is 19.4 Å². The lowest BCUT2D eigenvalue weighted by atomic mass is 9.90. The summed E-state index contributed by atoms with van der Waals surface area (Å²) in [5.41, 5.74) is 3.25. The molecule has 0 bridgehead atoms. The number of nitrogens with zero attached hydrogens (tertiary/aromatic N) is 1. The zero-order chi connectivity index (χ0) is 21.0. The molecule has 156 valence electrons. The van der Waals surface area contributed by atoms with E-state index in [2.05, 4.69) is 43.0 Å².